The molecule has 0 bridgehead atoms. The normalized spacial score (nSPS) is 33.5. The molecule has 236 valence electrons. The molecule has 5 atom stereocenters. The molecule has 4 fully saturated rings. The molecule has 4 aliphatic rings. The zero-order valence-corrected chi connectivity index (χ0v) is 25.8. The summed E-state index contributed by atoms with van der Waals surface area (Å²) in [4.78, 5) is 24.5. The minimum Gasteiger partial charge on any atom is -0.465 e. The zero-order valence-electron chi connectivity index (χ0n) is 25.8. The van der Waals surface area contributed by atoms with Crippen molar-refractivity contribution in [1.29, 1.82) is 10.5 Å². The van der Waals surface area contributed by atoms with Crippen molar-refractivity contribution < 1.29 is 19.1 Å². The van der Waals surface area contributed by atoms with Gasteiger partial charge in [-0.1, -0.05) is 30.3 Å². The van der Waals surface area contributed by atoms with Gasteiger partial charge in [0.05, 0.1) is 43.2 Å². The Morgan fingerprint density at radius 2 is 1.41 bits per heavy atom. The SMILES string of the molecule is C=CC(=O)OCCCCOC(=O)C1CC(C#CC2NCC(C#N)CN2)CCC1C#CC1CCC(C2CCC(C#N)NC2)CC1. The number of hydrogen-bond donors (Lipinski definition) is 3. The lowest BCUT2D eigenvalue weighted by Gasteiger charge is -2.36. The Morgan fingerprint density at radius 3 is 2.07 bits per heavy atom. The van der Waals surface area contributed by atoms with Crippen molar-refractivity contribution >= 4 is 11.9 Å². The maximum absolute atomic E-state index is 13.3. The maximum Gasteiger partial charge on any atom is 0.330 e. The third-order valence-electron chi connectivity index (χ3n) is 9.62. The number of nitriles is 2. The van der Waals surface area contributed by atoms with Crippen LogP contribution >= 0.6 is 0 Å². The fourth-order valence-corrected chi connectivity index (χ4v) is 6.86. The Hall–Kier alpha value is -3.34. The molecule has 2 saturated carbocycles. The first-order chi connectivity index (χ1) is 21.5. The summed E-state index contributed by atoms with van der Waals surface area (Å²) in [5.41, 5.74) is 0. The minimum absolute atomic E-state index is 0.00830. The Labute approximate surface area is 262 Å². The predicted octanol–water partition coefficient (Wildman–Crippen LogP) is 3.44. The highest BCUT2D eigenvalue weighted by Crippen LogP contribution is 2.38. The lowest BCUT2D eigenvalue weighted by atomic mass is 9.72. The van der Waals surface area contributed by atoms with E-state index in [0.717, 1.165) is 51.1 Å². The van der Waals surface area contributed by atoms with Crippen LogP contribution in [0.4, 0.5) is 0 Å². The lowest BCUT2D eigenvalue weighted by molar-refractivity contribution is -0.151. The van der Waals surface area contributed by atoms with Gasteiger partial charge in [0.2, 0.25) is 0 Å². The Morgan fingerprint density at radius 1 is 0.727 bits per heavy atom. The van der Waals surface area contributed by atoms with Gasteiger partial charge in [-0.25, -0.2) is 4.79 Å². The molecule has 2 saturated heterocycles. The Kier molecular flexibility index (Phi) is 13.6. The number of piperidine rings is 1. The number of hydrogen-bond acceptors (Lipinski definition) is 9. The molecule has 3 N–H and O–H groups in total. The smallest absolute Gasteiger partial charge is 0.330 e. The van der Waals surface area contributed by atoms with Gasteiger partial charge >= 0.3 is 11.9 Å². The van der Waals surface area contributed by atoms with E-state index in [1.165, 1.54) is 12.8 Å². The van der Waals surface area contributed by atoms with Gasteiger partial charge in [0.1, 0.15) is 6.17 Å². The molecule has 44 heavy (non-hydrogen) atoms. The fraction of sp³-hybridized carbons (Fsp3) is 0.714. The number of carbonyl (C=O) groups is 2. The second kappa shape index (κ2) is 17.8. The molecule has 2 heterocycles. The van der Waals surface area contributed by atoms with Crippen molar-refractivity contribution in [3.05, 3.63) is 12.7 Å². The average Bonchev–Trinajstić information content (AvgIpc) is 3.08. The molecule has 0 radical (unpaired) electrons. The number of nitrogens with one attached hydrogen (secondary N) is 3. The predicted molar refractivity (Wildman–Crippen MR) is 166 cm³/mol. The second-order valence-corrected chi connectivity index (χ2v) is 12.7. The van der Waals surface area contributed by atoms with Crippen LogP contribution in [0.1, 0.15) is 70.6 Å². The van der Waals surface area contributed by atoms with Crippen LogP contribution in [-0.2, 0) is 19.1 Å². The van der Waals surface area contributed by atoms with E-state index in [1.807, 2.05) is 0 Å². The summed E-state index contributed by atoms with van der Waals surface area (Å²) in [5.74, 6) is 14.5. The van der Waals surface area contributed by atoms with Crippen molar-refractivity contribution in [2.45, 2.75) is 82.8 Å². The summed E-state index contributed by atoms with van der Waals surface area (Å²) < 4.78 is 10.7. The summed E-state index contributed by atoms with van der Waals surface area (Å²) in [6.07, 6.45) is 11.2. The molecule has 2 aliphatic carbocycles. The molecule has 9 nitrogen and oxygen atoms in total. The molecule has 0 aromatic heterocycles. The summed E-state index contributed by atoms with van der Waals surface area (Å²) in [5, 5.41) is 28.2. The third kappa shape index (κ3) is 10.4. The zero-order chi connectivity index (χ0) is 31.1. The molecule has 9 heteroatoms. The molecular weight excluding hydrogens is 554 g/mol. The largest absolute Gasteiger partial charge is 0.465 e. The summed E-state index contributed by atoms with van der Waals surface area (Å²) >= 11 is 0. The summed E-state index contributed by atoms with van der Waals surface area (Å²) in [7, 11) is 0. The van der Waals surface area contributed by atoms with E-state index in [0.29, 0.717) is 50.1 Å². The number of carbonyl (C=O) groups excluding carboxylic acids is 2. The third-order valence-corrected chi connectivity index (χ3v) is 9.62. The van der Waals surface area contributed by atoms with Crippen LogP contribution in [0.2, 0.25) is 0 Å². The van der Waals surface area contributed by atoms with Gasteiger partial charge in [0.25, 0.3) is 0 Å². The number of nitrogens with zero attached hydrogens (tertiary/aromatic N) is 2. The average molecular weight is 602 g/mol. The monoisotopic (exact) mass is 601 g/mol. The first-order valence-corrected chi connectivity index (χ1v) is 16.5. The molecule has 5 unspecified atom stereocenters. The van der Waals surface area contributed by atoms with E-state index < -0.39 is 5.97 Å². The number of rotatable bonds is 8. The van der Waals surface area contributed by atoms with Crippen molar-refractivity contribution in [3.63, 3.8) is 0 Å². The topological polar surface area (TPSA) is 136 Å². The number of esters is 2. The Balaban J connectivity index is 1.30. The number of ether oxygens (including phenoxy) is 2. The molecule has 2 aliphatic heterocycles. The maximum atomic E-state index is 13.3. The van der Waals surface area contributed by atoms with E-state index in [-0.39, 0.29) is 55.1 Å². The second-order valence-electron chi connectivity index (χ2n) is 12.7. The van der Waals surface area contributed by atoms with Crippen molar-refractivity contribution in [3.8, 4) is 35.8 Å². The quantitative estimate of drug-likeness (QED) is 0.165. The molecule has 0 aromatic rings. The molecule has 0 spiro atoms. The van der Waals surface area contributed by atoms with Crippen LogP contribution in [0.3, 0.4) is 0 Å². The fourth-order valence-electron chi connectivity index (χ4n) is 6.86. The summed E-state index contributed by atoms with van der Waals surface area (Å²) in [6.45, 7) is 6.13. The highest BCUT2D eigenvalue weighted by molar-refractivity contribution is 5.81. The van der Waals surface area contributed by atoms with Gasteiger partial charge in [0.15, 0.2) is 0 Å². The van der Waals surface area contributed by atoms with Gasteiger partial charge in [-0.3, -0.25) is 15.4 Å². The Bertz CT molecular complexity index is 1180. The van der Waals surface area contributed by atoms with Crippen molar-refractivity contribution in [2.24, 2.45) is 41.4 Å². The molecular formula is C35H47N5O4. The summed E-state index contributed by atoms with van der Waals surface area (Å²) in [6, 6.07) is 4.62. The first kappa shape index (κ1) is 33.6. The van der Waals surface area contributed by atoms with Crippen LogP contribution in [0.25, 0.3) is 0 Å². The standard InChI is InChI=1S/C35H47N5O4/c1-2-34(41)43-17-3-4-18-44-35(42)32-19-26(9-16-33-39-22-27(20-36)23-40-33)8-13-29(32)12-7-25-5-10-28(11-6-25)30-14-15-31(21-37)38-24-30/h2,25-33,38-40H,1,3-6,8,10-11,13-15,17-19,22-24H2. The van der Waals surface area contributed by atoms with Gasteiger partial charge < -0.3 is 14.8 Å². The van der Waals surface area contributed by atoms with E-state index in [2.05, 4.69) is 58.3 Å². The van der Waals surface area contributed by atoms with E-state index in [1.54, 1.807) is 0 Å². The number of unbranched alkanes of at least 4 members (excludes halogenated alkanes) is 1. The molecule has 0 amide bonds. The highest BCUT2D eigenvalue weighted by Gasteiger charge is 2.36. The van der Waals surface area contributed by atoms with Gasteiger partial charge in [0, 0.05) is 36.9 Å². The van der Waals surface area contributed by atoms with Crippen LogP contribution in [0.15, 0.2) is 12.7 Å². The lowest BCUT2D eigenvalue weighted by Crippen LogP contribution is -2.51. The van der Waals surface area contributed by atoms with Gasteiger partial charge in [-0.15, -0.1) is 0 Å². The first-order valence-electron chi connectivity index (χ1n) is 16.5. The van der Waals surface area contributed by atoms with Gasteiger partial charge in [-0.05, 0) is 89.0 Å². The van der Waals surface area contributed by atoms with Crippen LogP contribution in [-0.4, -0.2) is 57.0 Å². The van der Waals surface area contributed by atoms with E-state index in [4.69, 9.17) is 20.0 Å². The van der Waals surface area contributed by atoms with Crippen LogP contribution in [0, 0.1) is 87.8 Å². The van der Waals surface area contributed by atoms with E-state index in [9.17, 15) is 9.59 Å². The van der Waals surface area contributed by atoms with E-state index >= 15 is 0 Å². The van der Waals surface area contributed by atoms with Crippen LogP contribution in [0.5, 0.6) is 0 Å². The van der Waals surface area contributed by atoms with Crippen LogP contribution < -0.4 is 16.0 Å². The van der Waals surface area contributed by atoms with Crippen molar-refractivity contribution in [2.75, 3.05) is 32.8 Å². The molecule has 0 aromatic carbocycles. The van der Waals surface area contributed by atoms with Crippen molar-refractivity contribution in [1.82, 2.24) is 16.0 Å². The molecule has 4 rings (SSSR count). The highest BCUT2D eigenvalue weighted by atomic mass is 16.5. The minimum atomic E-state index is -0.450. The van der Waals surface area contributed by atoms with Gasteiger partial charge in [-0.2, -0.15) is 10.5 Å².